The number of piperidine rings is 1. The number of hydrogen-bond acceptors (Lipinski definition) is 4. The minimum Gasteiger partial charge on any atom is -0.426 e. The molecule has 0 bridgehead atoms. The Labute approximate surface area is 175 Å². The second-order valence-corrected chi connectivity index (χ2v) is 7.41. The number of carbonyl (C=O) groups is 2. The van der Waals surface area contributed by atoms with Gasteiger partial charge in [0.2, 0.25) is 5.91 Å². The van der Waals surface area contributed by atoms with Gasteiger partial charge in [-0.15, -0.1) is 0 Å². The minimum atomic E-state index is -4.73. The number of amides is 1. The molecule has 0 aliphatic carbocycles. The molecule has 1 N–H and O–H groups in total. The highest BCUT2D eigenvalue weighted by Gasteiger charge is 2.34. The Morgan fingerprint density at radius 2 is 1.84 bits per heavy atom. The maximum Gasteiger partial charge on any atom is 0.419 e. The molecule has 9 heteroatoms. The molecule has 31 heavy (non-hydrogen) atoms. The number of nitrogens with one attached hydrogen (secondary N) is 1. The fourth-order valence-corrected chi connectivity index (χ4v) is 3.68. The van der Waals surface area contributed by atoms with E-state index < -0.39 is 17.6 Å². The largest absolute Gasteiger partial charge is 0.426 e. The zero-order chi connectivity index (χ0) is 22.2. The number of halogens is 4. The van der Waals surface area contributed by atoms with Gasteiger partial charge in [0.05, 0.1) is 12.0 Å². The van der Waals surface area contributed by atoms with Crippen molar-refractivity contribution in [3.8, 4) is 5.75 Å². The number of hydrogen-bond donors (Lipinski definition) is 1. The summed E-state index contributed by atoms with van der Waals surface area (Å²) in [7, 11) is 0. The quantitative estimate of drug-likeness (QED) is 0.335. The lowest BCUT2D eigenvalue weighted by molar-refractivity contribution is -0.140. The normalized spacial score (nSPS) is 16.1. The van der Waals surface area contributed by atoms with Gasteiger partial charge in [-0.05, 0) is 37.1 Å². The third-order valence-electron chi connectivity index (χ3n) is 5.26. The van der Waals surface area contributed by atoms with Crippen molar-refractivity contribution in [2.45, 2.75) is 25.4 Å². The van der Waals surface area contributed by atoms with Crippen LogP contribution in [0.15, 0.2) is 48.0 Å². The van der Waals surface area contributed by atoms with E-state index in [0.717, 1.165) is 23.3 Å². The van der Waals surface area contributed by atoms with Crippen molar-refractivity contribution in [3.05, 3.63) is 65.0 Å². The summed E-state index contributed by atoms with van der Waals surface area (Å²) in [5.41, 5.74) is 1.25. The number of carbonyl (C=O) groups excluding carboxylic acids is 2. The summed E-state index contributed by atoms with van der Waals surface area (Å²) < 4.78 is 57.0. The Bertz CT molecular complexity index is 1070. The molecule has 4 rings (SSSR count). The number of anilines is 2. The molecule has 0 saturated carbocycles. The standard InChI is InChI=1S/C22H18F4N2O3/c23-18-12-16(3-4-17(18)22(24,25)26)28-7-5-13(6-8-28)9-20(29)27-15-2-1-14-10-21(30)31-19(14)11-15/h1-4,9,11-12H,5-8,10H2,(H,27,29). The van der Waals surface area contributed by atoms with Crippen molar-refractivity contribution < 1.29 is 31.9 Å². The molecule has 2 aliphatic rings. The van der Waals surface area contributed by atoms with Gasteiger partial charge in [-0.1, -0.05) is 11.6 Å². The molecular weight excluding hydrogens is 416 g/mol. The van der Waals surface area contributed by atoms with Gasteiger partial charge in [-0.3, -0.25) is 9.59 Å². The number of rotatable bonds is 3. The minimum absolute atomic E-state index is 0.215. The summed E-state index contributed by atoms with van der Waals surface area (Å²) in [6, 6.07) is 7.91. The maximum atomic E-state index is 13.8. The average Bonchev–Trinajstić information content (AvgIpc) is 3.06. The van der Waals surface area contributed by atoms with E-state index in [0.29, 0.717) is 43.1 Å². The van der Waals surface area contributed by atoms with Crippen LogP contribution in [0.4, 0.5) is 28.9 Å². The van der Waals surface area contributed by atoms with E-state index in [1.54, 1.807) is 23.1 Å². The fourth-order valence-electron chi connectivity index (χ4n) is 3.68. The number of benzene rings is 2. The van der Waals surface area contributed by atoms with Crippen molar-refractivity contribution in [1.29, 1.82) is 0 Å². The smallest absolute Gasteiger partial charge is 0.419 e. The van der Waals surface area contributed by atoms with E-state index in [1.165, 1.54) is 12.1 Å². The highest BCUT2D eigenvalue weighted by atomic mass is 19.4. The van der Waals surface area contributed by atoms with E-state index in [9.17, 15) is 27.2 Å². The van der Waals surface area contributed by atoms with Gasteiger partial charge >= 0.3 is 12.1 Å². The third kappa shape index (κ3) is 4.70. The lowest BCUT2D eigenvalue weighted by atomic mass is 10.0. The second kappa shape index (κ2) is 8.05. The first-order valence-corrected chi connectivity index (χ1v) is 9.65. The number of fused-ring (bicyclic) bond motifs is 1. The molecule has 1 fully saturated rings. The zero-order valence-corrected chi connectivity index (χ0v) is 16.3. The zero-order valence-electron chi connectivity index (χ0n) is 16.3. The van der Waals surface area contributed by atoms with Gasteiger partial charge in [0, 0.05) is 42.2 Å². The first-order chi connectivity index (χ1) is 14.7. The van der Waals surface area contributed by atoms with Crippen LogP contribution < -0.4 is 15.0 Å². The maximum absolute atomic E-state index is 13.8. The number of nitrogens with zero attached hydrogens (tertiary/aromatic N) is 1. The van der Waals surface area contributed by atoms with Gasteiger partial charge in [0.15, 0.2) is 0 Å². The molecule has 1 amide bonds. The van der Waals surface area contributed by atoms with Crippen LogP contribution in [0.1, 0.15) is 24.0 Å². The van der Waals surface area contributed by atoms with Crippen LogP contribution in [0.2, 0.25) is 0 Å². The molecule has 0 unspecified atom stereocenters. The Hall–Kier alpha value is -3.36. The molecule has 1 saturated heterocycles. The van der Waals surface area contributed by atoms with Crippen LogP contribution >= 0.6 is 0 Å². The van der Waals surface area contributed by atoms with Crippen molar-refractivity contribution in [2.24, 2.45) is 0 Å². The lowest BCUT2D eigenvalue weighted by Crippen LogP contribution is -2.31. The van der Waals surface area contributed by atoms with Crippen LogP contribution in [-0.4, -0.2) is 25.0 Å². The van der Waals surface area contributed by atoms with Gasteiger partial charge in [-0.2, -0.15) is 13.2 Å². The van der Waals surface area contributed by atoms with Crippen LogP contribution in [0.25, 0.3) is 0 Å². The van der Waals surface area contributed by atoms with E-state index in [2.05, 4.69) is 5.32 Å². The van der Waals surface area contributed by atoms with Crippen molar-refractivity contribution in [3.63, 3.8) is 0 Å². The summed E-state index contributed by atoms with van der Waals surface area (Å²) in [6.45, 7) is 0.914. The average molecular weight is 434 g/mol. The Balaban J connectivity index is 1.35. The molecule has 5 nitrogen and oxygen atoms in total. The topological polar surface area (TPSA) is 58.6 Å². The molecule has 0 radical (unpaired) electrons. The molecule has 0 spiro atoms. The van der Waals surface area contributed by atoms with Gasteiger partial charge in [-0.25, -0.2) is 4.39 Å². The van der Waals surface area contributed by atoms with Gasteiger partial charge in [0.1, 0.15) is 11.6 Å². The second-order valence-electron chi connectivity index (χ2n) is 7.41. The van der Waals surface area contributed by atoms with Crippen LogP contribution in [-0.2, 0) is 22.2 Å². The highest BCUT2D eigenvalue weighted by Crippen LogP contribution is 2.34. The Morgan fingerprint density at radius 3 is 2.52 bits per heavy atom. The van der Waals surface area contributed by atoms with Crippen LogP contribution in [0.5, 0.6) is 5.75 Å². The van der Waals surface area contributed by atoms with Gasteiger partial charge in [0.25, 0.3) is 0 Å². The Morgan fingerprint density at radius 1 is 1.10 bits per heavy atom. The van der Waals surface area contributed by atoms with Gasteiger partial charge < -0.3 is 15.0 Å². The first kappa shape index (κ1) is 20.9. The molecular formula is C22H18F4N2O3. The number of alkyl halides is 3. The summed E-state index contributed by atoms with van der Waals surface area (Å²) in [4.78, 5) is 25.4. The molecule has 0 aromatic heterocycles. The monoisotopic (exact) mass is 434 g/mol. The van der Waals surface area contributed by atoms with E-state index >= 15 is 0 Å². The summed E-state index contributed by atoms with van der Waals surface area (Å²) in [6.07, 6.45) is -1.97. The van der Waals surface area contributed by atoms with Crippen LogP contribution in [0.3, 0.4) is 0 Å². The fraction of sp³-hybridized carbons (Fsp3) is 0.273. The third-order valence-corrected chi connectivity index (χ3v) is 5.26. The molecule has 2 aromatic carbocycles. The summed E-state index contributed by atoms with van der Waals surface area (Å²) in [5.74, 6) is -1.52. The van der Waals surface area contributed by atoms with Crippen molar-refractivity contribution in [1.82, 2.24) is 0 Å². The van der Waals surface area contributed by atoms with Crippen molar-refractivity contribution >= 4 is 23.3 Å². The van der Waals surface area contributed by atoms with Crippen molar-refractivity contribution in [2.75, 3.05) is 23.3 Å². The molecule has 0 atom stereocenters. The Kier molecular flexibility index (Phi) is 5.43. The van der Waals surface area contributed by atoms with Crippen LogP contribution in [0, 0.1) is 5.82 Å². The molecule has 2 aromatic rings. The summed E-state index contributed by atoms with van der Waals surface area (Å²) in [5, 5.41) is 2.73. The van der Waals surface area contributed by atoms with E-state index in [-0.39, 0.29) is 18.3 Å². The number of esters is 1. The predicted molar refractivity (Wildman–Crippen MR) is 105 cm³/mol. The number of ether oxygens (including phenoxy) is 1. The highest BCUT2D eigenvalue weighted by molar-refractivity contribution is 6.00. The first-order valence-electron chi connectivity index (χ1n) is 9.65. The molecule has 2 heterocycles. The predicted octanol–water partition coefficient (Wildman–Crippen LogP) is 4.47. The molecule has 162 valence electrons. The molecule has 2 aliphatic heterocycles. The lowest BCUT2D eigenvalue weighted by Gasteiger charge is -2.30. The van der Waals surface area contributed by atoms with E-state index in [1.807, 2.05) is 0 Å². The summed E-state index contributed by atoms with van der Waals surface area (Å²) >= 11 is 0. The SMILES string of the molecule is O=C(C=C1CCN(c2ccc(C(F)(F)F)c(F)c2)CC1)Nc1ccc2c(c1)OC(=O)C2. The van der Waals surface area contributed by atoms with E-state index in [4.69, 9.17) is 4.74 Å².